The Morgan fingerprint density at radius 1 is 0.906 bits per heavy atom. The van der Waals surface area contributed by atoms with Gasteiger partial charge in [0.1, 0.15) is 18.5 Å². The summed E-state index contributed by atoms with van der Waals surface area (Å²) in [6.45, 7) is 10.4. The van der Waals surface area contributed by atoms with Crippen molar-refractivity contribution in [3.63, 3.8) is 0 Å². The highest BCUT2D eigenvalue weighted by atomic mass is 19.1. The van der Waals surface area contributed by atoms with Crippen LogP contribution in [0, 0.1) is 13.8 Å². The van der Waals surface area contributed by atoms with E-state index in [0.717, 1.165) is 23.5 Å². The van der Waals surface area contributed by atoms with Crippen molar-refractivity contribution in [2.24, 2.45) is 0 Å². The van der Waals surface area contributed by atoms with Gasteiger partial charge in [0.15, 0.2) is 0 Å². The molecule has 32 heavy (non-hydrogen) atoms. The maximum absolute atomic E-state index is 13.2. The fraction of sp³-hybridized carbons (Fsp3) is 0.357. The van der Waals surface area contributed by atoms with Gasteiger partial charge in [0, 0.05) is 25.3 Å². The van der Waals surface area contributed by atoms with Crippen LogP contribution in [0.2, 0.25) is 0 Å². The highest BCUT2D eigenvalue weighted by Crippen LogP contribution is 2.31. The third-order valence-corrected chi connectivity index (χ3v) is 5.39. The van der Waals surface area contributed by atoms with E-state index >= 15 is 0 Å². The molecule has 1 atom stereocenters. The van der Waals surface area contributed by atoms with Gasteiger partial charge in [-0.15, -0.1) is 0 Å². The van der Waals surface area contributed by atoms with Gasteiger partial charge in [0.25, 0.3) is 0 Å². The van der Waals surface area contributed by atoms with E-state index in [4.69, 9.17) is 9.47 Å². The van der Waals surface area contributed by atoms with Crippen molar-refractivity contribution in [3.8, 4) is 16.9 Å². The van der Waals surface area contributed by atoms with E-state index in [-0.39, 0.29) is 0 Å². The minimum atomic E-state index is -0.820. The predicted molar refractivity (Wildman–Crippen MR) is 131 cm³/mol. The first-order valence-electron chi connectivity index (χ1n) is 11.3. The largest absolute Gasteiger partial charge is 0.491 e. The molecule has 0 heterocycles. The second-order valence-corrected chi connectivity index (χ2v) is 8.21. The highest BCUT2D eigenvalue weighted by molar-refractivity contribution is 5.72. The van der Waals surface area contributed by atoms with Gasteiger partial charge in [-0.25, -0.2) is 4.39 Å². The van der Waals surface area contributed by atoms with Crippen LogP contribution in [0.25, 0.3) is 11.1 Å². The van der Waals surface area contributed by atoms with Gasteiger partial charge in [-0.3, -0.25) is 0 Å². The second kappa shape index (κ2) is 11.7. The van der Waals surface area contributed by atoms with Gasteiger partial charge in [0.2, 0.25) is 0 Å². The first-order valence-corrected chi connectivity index (χ1v) is 11.3. The summed E-state index contributed by atoms with van der Waals surface area (Å²) in [7, 11) is 0. The summed E-state index contributed by atoms with van der Waals surface area (Å²) in [5, 5.41) is 3.47. The molecular weight excluding hydrogens is 401 g/mol. The van der Waals surface area contributed by atoms with E-state index in [1.165, 1.54) is 27.8 Å². The zero-order valence-electron chi connectivity index (χ0n) is 19.6. The lowest BCUT2D eigenvalue weighted by atomic mass is 9.94. The zero-order valence-corrected chi connectivity index (χ0v) is 19.6. The first-order chi connectivity index (χ1) is 15.5. The van der Waals surface area contributed by atoms with Crippen LogP contribution < -0.4 is 10.1 Å². The van der Waals surface area contributed by atoms with Crippen LogP contribution in [0.3, 0.4) is 0 Å². The topological polar surface area (TPSA) is 30.5 Å². The first kappa shape index (κ1) is 23.8. The molecule has 170 valence electrons. The van der Waals surface area contributed by atoms with Gasteiger partial charge in [-0.2, -0.15) is 0 Å². The Labute approximate surface area is 191 Å². The standard InChI is InChI=1S/C28H34FNO2/c1-5-31-13-14-32-27-15-20(2)28(21(3)16-27)25-8-6-7-24(18-25)19-30-26-11-9-23(10-12-26)17-22(4)29/h6-12,15-16,18,22,30H,5,13-14,17,19H2,1-4H3. The molecule has 0 fully saturated rings. The van der Waals surface area contributed by atoms with Crippen LogP contribution in [0.1, 0.15) is 36.1 Å². The number of nitrogens with one attached hydrogen (secondary N) is 1. The van der Waals surface area contributed by atoms with E-state index < -0.39 is 6.17 Å². The van der Waals surface area contributed by atoms with Crippen molar-refractivity contribution in [3.05, 3.63) is 82.9 Å². The van der Waals surface area contributed by atoms with E-state index in [1.54, 1.807) is 6.92 Å². The lowest BCUT2D eigenvalue weighted by Crippen LogP contribution is -2.06. The van der Waals surface area contributed by atoms with E-state index in [0.29, 0.717) is 26.2 Å². The summed E-state index contributed by atoms with van der Waals surface area (Å²) in [6, 6.07) is 20.8. The Bertz CT molecular complexity index is 976. The van der Waals surface area contributed by atoms with Crippen molar-refractivity contribution in [2.75, 3.05) is 25.1 Å². The van der Waals surface area contributed by atoms with Crippen LogP contribution in [-0.2, 0) is 17.7 Å². The van der Waals surface area contributed by atoms with Gasteiger partial charge in [0.05, 0.1) is 6.61 Å². The molecule has 0 bridgehead atoms. The maximum Gasteiger partial charge on any atom is 0.119 e. The summed E-state index contributed by atoms with van der Waals surface area (Å²) in [6.07, 6.45) is -0.364. The van der Waals surface area contributed by atoms with Gasteiger partial charge < -0.3 is 14.8 Å². The molecule has 0 saturated heterocycles. The Hall–Kier alpha value is -2.85. The number of benzene rings is 3. The monoisotopic (exact) mass is 435 g/mol. The smallest absolute Gasteiger partial charge is 0.119 e. The predicted octanol–water partition coefficient (Wildman–Crippen LogP) is 6.90. The molecule has 0 aliphatic heterocycles. The number of anilines is 1. The molecule has 3 aromatic carbocycles. The zero-order chi connectivity index (χ0) is 22.9. The van der Waals surface area contributed by atoms with Crippen molar-refractivity contribution in [1.82, 2.24) is 0 Å². The molecule has 0 aliphatic rings. The Morgan fingerprint density at radius 2 is 1.62 bits per heavy atom. The number of hydrogen-bond acceptors (Lipinski definition) is 3. The molecule has 0 aromatic heterocycles. The van der Waals surface area contributed by atoms with Crippen LogP contribution in [0.15, 0.2) is 60.7 Å². The van der Waals surface area contributed by atoms with Crippen molar-refractivity contribution < 1.29 is 13.9 Å². The van der Waals surface area contributed by atoms with E-state index in [9.17, 15) is 4.39 Å². The van der Waals surface area contributed by atoms with E-state index in [2.05, 4.69) is 55.6 Å². The third-order valence-electron chi connectivity index (χ3n) is 5.39. The third kappa shape index (κ3) is 6.83. The highest BCUT2D eigenvalue weighted by Gasteiger charge is 2.09. The quantitative estimate of drug-likeness (QED) is 0.332. The summed E-state index contributed by atoms with van der Waals surface area (Å²) < 4.78 is 24.4. The molecule has 3 aromatic rings. The normalized spacial score (nSPS) is 11.9. The van der Waals surface area contributed by atoms with Gasteiger partial charge >= 0.3 is 0 Å². The fourth-order valence-electron chi connectivity index (χ4n) is 3.95. The number of alkyl halides is 1. The van der Waals surface area contributed by atoms with Gasteiger partial charge in [-0.05, 0) is 91.4 Å². The molecule has 0 spiro atoms. The van der Waals surface area contributed by atoms with Crippen molar-refractivity contribution in [1.29, 1.82) is 0 Å². The molecule has 4 heteroatoms. The van der Waals surface area contributed by atoms with Crippen LogP contribution >= 0.6 is 0 Å². The Balaban J connectivity index is 1.67. The van der Waals surface area contributed by atoms with E-state index in [1.807, 2.05) is 31.2 Å². The SMILES string of the molecule is CCOCCOc1cc(C)c(-c2cccc(CNc3ccc(CC(C)F)cc3)c2)c(C)c1. The number of ether oxygens (including phenoxy) is 2. The number of halogens is 1. The number of aryl methyl sites for hydroxylation is 2. The molecule has 3 nitrogen and oxygen atoms in total. The van der Waals surface area contributed by atoms with Crippen LogP contribution in [0.5, 0.6) is 5.75 Å². The summed E-state index contributed by atoms with van der Waals surface area (Å²) >= 11 is 0. The fourth-order valence-corrected chi connectivity index (χ4v) is 3.95. The Morgan fingerprint density at radius 3 is 2.28 bits per heavy atom. The van der Waals surface area contributed by atoms with Crippen molar-refractivity contribution in [2.45, 2.75) is 46.8 Å². The maximum atomic E-state index is 13.2. The molecule has 1 unspecified atom stereocenters. The minimum Gasteiger partial charge on any atom is -0.491 e. The van der Waals surface area contributed by atoms with Crippen molar-refractivity contribution >= 4 is 5.69 Å². The molecule has 0 amide bonds. The number of hydrogen-bond donors (Lipinski definition) is 1. The molecule has 0 saturated carbocycles. The number of rotatable bonds is 11. The summed E-state index contributed by atoms with van der Waals surface area (Å²) in [5.41, 5.74) is 8.09. The lowest BCUT2D eigenvalue weighted by Gasteiger charge is -2.15. The average molecular weight is 436 g/mol. The molecular formula is C28H34FNO2. The minimum absolute atomic E-state index is 0.456. The molecule has 1 N–H and O–H groups in total. The molecule has 0 radical (unpaired) electrons. The summed E-state index contributed by atoms with van der Waals surface area (Å²) in [4.78, 5) is 0. The molecule has 0 aliphatic carbocycles. The van der Waals surface area contributed by atoms with Crippen LogP contribution in [0.4, 0.5) is 10.1 Å². The van der Waals surface area contributed by atoms with Crippen LogP contribution in [-0.4, -0.2) is 26.0 Å². The second-order valence-electron chi connectivity index (χ2n) is 8.21. The van der Waals surface area contributed by atoms with Gasteiger partial charge in [-0.1, -0.05) is 30.3 Å². The molecule has 3 rings (SSSR count). The lowest BCUT2D eigenvalue weighted by molar-refractivity contribution is 0.110. The average Bonchev–Trinajstić information content (AvgIpc) is 2.76. The summed E-state index contributed by atoms with van der Waals surface area (Å²) in [5.74, 6) is 0.881. The Kier molecular flexibility index (Phi) is 8.69.